The van der Waals surface area contributed by atoms with Crippen LogP contribution >= 0.6 is 23.1 Å². The van der Waals surface area contributed by atoms with Crippen molar-refractivity contribution in [3.63, 3.8) is 0 Å². The van der Waals surface area contributed by atoms with Crippen molar-refractivity contribution in [2.45, 2.75) is 4.90 Å². The predicted octanol–water partition coefficient (Wildman–Crippen LogP) is 3.78. The van der Waals surface area contributed by atoms with Crippen LogP contribution < -0.4 is 11.1 Å². The second-order valence-corrected chi connectivity index (χ2v) is 7.13. The summed E-state index contributed by atoms with van der Waals surface area (Å²) in [5.41, 5.74) is 6.82. The van der Waals surface area contributed by atoms with Gasteiger partial charge in [0.25, 0.3) is 5.91 Å². The van der Waals surface area contributed by atoms with Crippen LogP contribution in [-0.2, 0) is 4.79 Å². The number of aromatic nitrogens is 1. The molecule has 0 aliphatic carbocycles. The largest absolute Gasteiger partial charge is 0.369 e. The maximum absolute atomic E-state index is 13.3. The topological polar surface area (TPSA) is 85.1 Å². The Balaban J connectivity index is 1.76. The first kappa shape index (κ1) is 18.1. The van der Waals surface area contributed by atoms with Gasteiger partial charge < -0.3 is 5.73 Å². The quantitative estimate of drug-likeness (QED) is 0.631. The van der Waals surface area contributed by atoms with E-state index in [2.05, 4.69) is 10.3 Å². The fraction of sp³-hybridized carbons (Fsp3) is 0.0556. The van der Waals surface area contributed by atoms with Crippen molar-refractivity contribution in [1.29, 1.82) is 0 Å². The molecule has 0 saturated carbocycles. The van der Waals surface area contributed by atoms with Crippen molar-refractivity contribution in [3.05, 3.63) is 65.3 Å². The van der Waals surface area contributed by atoms with Crippen LogP contribution in [0.4, 0.5) is 9.52 Å². The van der Waals surface area contributed by atoms with Gasteiger partial charge in [0, 0.05) is 15.8 Å². The fourth-order valence-corrected chi connectivity index (χ4v) is 3.71. The van der Waals surface area contributed by atoms with E-state index in [0.717, 1.165) is 0 Å². The third-order valence-corrected chi connectivity index (χ3v) is 5.20. The van der Waals surface area contributed by atoms with Gasteiger partial charge in [-0.25, -0.2) is 9.37 Å². The van der Waals surface area contributed by atoms with Crippen LogP contribution in [-0.4, -0.2) is 22.6 Å². The van der Waals surface area contributed by atoms with Crippen LogP contribution in [0.3, 0.4) is 0 Å². The maximum Gasteiger partial charge on any atom is 0.258 e. The van der Waals surface area contributed by atoms with Gasteiger partial charge in [-0.15, -0.1) is 23.1 Å². The molecule has 2 aromatic carbocycles. The van der Waals surface area contributed by atoms with Crippen molar-refractivity contribution in [2.24, 2.45) is 5.73 Å². The summed E-state index contributed by atoms with van der Waals surface area (Å²) in [6.07, 6.45) is 0. The number of thioether (sulfide) groups is 1. The standard InChI is InChI=1S/C18H14FN3O2S2/c19-12-5-3-4-11(8-12)14-9-26-18(21-14)22-17(24)13-6-1-2-7-15(13)25-10-16(20)23/h1-9H,10H2,(H2,20,23)(H,21,22,24). The van der Waals surface area contributed by atoms with E-state index in [1.807, 2.05) is 0 Å². The molecule has 8 heteroatoms. The zero-order valence-electron chi connectivity index (χ0n) is 13.4. The molecule has 3 rings (SSSR count). The van der Waals surface area contributed by atoms with Gasteiger partial charge in [-0.05, 0) is 24.3 Å². The Hall–Kier alpha value is -2.71. The number of hydrogen-bond donors (Lipinski definition) is 2. The molecule has 0 atom stereocenters. The van der Waals surface area contributed by atoms with Gasteiger partial charge in [0.05, 0.1) is 17.0 Å². The smallest absolute Gasteiger partial charge is 0.258 e. The first-order valence-electron chi connectivity index (χ1n) is 7.56. The zero-order valence-corrected chi connectivity index (χ0v) is 15.1. The molecule has 0 fully saturated rings. The molecule has 3 aromatic rings. The van der Waals surface area contributed by atoms with Crippen LogP contribution in [0.5, 0.6) is 0 Å². The van der Waals surface area contributed by atoms with Gasteiger partial charge in [0.2, 0.25) is 5.91 Å². The number of amides is 2. The van der Waals surface area contributed by atoms with E-state index in [9.17, 15) is 14.0 Å². The molecule has 3 N–H and O–H groups in total. The summed E-state index contributed by atoms with van der Waals surface area (Å²) in [5.74, 6) is -1.05. The summed E-state index contributed by atoms with van der Waals surface area (Å²) in [7, 11) is 0. The predicted molar refractivity (Wildman–Crippen MR) is 102 cm³/mol. The van der Waals surface area contributed by atoms with Crippen molar-refractivity contribution >= 4 is 40.0 Å². The first-order chi connectivity index (χ1) is 12.5. The fourth-order valence-electron chi connectivity index (χ4n) is 2.20. The lowest BCUT2D eigenvalue weighted by molar-refractivity contribution is -0.115. The third kappa shape index (κ3) is 4.47. The highest BCUT2D eigenvalue weighted by Gasteiger charge is 2.14. The minimum Gasteiger partial charge on any atom is -0.369 e. The van der Waals surface area contributed by atoms with Crippen LogP contribution in [0.1, 0.15) is 10.4 Å². The summed E-state index contributed by atoms with van der Waals surface area (Å²) in [6.45, 7) is 0. The average molecular weight is 387 g/mol. The summed E-state index contributed by atoms with van der Waals surface area (Å²) < 4.78 is 13.3. The lowest BCUT2D eigenvalue weighted by Crippen LogP contribution is -2.15. The van der Waals surface area contributed by atoms with E-state index in [1.54, 1.807) is 41.8 Å². The molecule has 5 nitrogen and oxygen atoms in total. The first-order valence-corrected chi connectivity index (χ1v) is 9.42. The molecule has 0 bridgehead atoms. The van der Waals surface area contributed by atoms with E-state index in [1.165, 1.54) is 35.2 Å². The van der Waals surface area contributed by atoms with Crippen molar-refractivity contribution < 1.29 is 14.0 Å². The molecule has 1 heterocycles. The molecule has 2 amide bonds. The summed E-state index contributed by atoms with van der Waals surface area (Å²) in [4.78, 5) is 28.5. The molecule has 0 spiro atoms. The number of hydrogen-bond acceptors (Lipinski definition) is 5. The van der Waals surface area contributed by atoms with Gasteiger partial charge in [-0.3, -0.25) is 14.9 Å². The van der Waals surface area contributed by atoms with Crippen molar-refractivity contribution in [1.82, 2.24) is 4.98 Å². The minimum absolute atomic E-state index is 0.0886. The molecule has 0 unspecified atom stereocenters. The monoisotopic (exact) mass is 387 g/mol. The molecular formula is C18H14FN3O2S2. The number of nitrogens with zero attached hydrogens (tertiary/aromatic N) is 1. The molecule has 1 aromatic heterocycles. The highest BCUT2D eigenvalue weighted by Crippen LogP contribution is 2.27. The number of primary amides is 1. The normalized spacial score (nSPS) is 10.5. The van der Waals surface area contributed by atoms with E-state index in [0.29, 0.717) is 26.8 Å². The number of benzene rings is 2. The van der Waals surface area contributed by atoms with Gasteiger partial charge in [-0.1, -0.05) is 24.3 Å². The van der Waals surface area contributed by atoms with Crippen molar-refractivity contribution in [2.75, 3.05) is 11.1 Å². The number of thiazole rings is 1. The Morgan fingerprint density at radius 3 is 2.77 bits per heavy atom. The molecule has 132 valence electrons. The minimum atomic E-state index is -0.454. The number of halogens is 1. The molecule has 0 saturated heterocycles. The van der Waals surface area contributed by atoms with Crippen molar-refractivity contribution in [3.8, 4) is 11.3 Å². The molecule has 26 heavy (non-hydrogen) atoms. The number of rotatable bonds is 6. The van der Waals surface area contributed by atoms with E-state index >= 15 is 0 Å². The lowest BCUT2D eigenvalue weighted by Gasteiger charge is -2.07. The van der Waals surface area contributed by atoms with Gasteiger partial charge in [-0.2, -0.15) is 0 Å². The molecule has 0 aliphatic rings. The summed E-state index contributed by atoms with van der Waals surface area (Å²) in [6, 6.07) is 13.0. The highest BCUT2D eigenvalue weighted by molar-refractivity contribution is 8.00. The van der Waals surface area contributed by atoms with E-state index in [-0.39, 0.29) is 17.5 Å². The zero-order chi connectivity index (χ0) is 18.5. The number of carbonyl (C=O) groups excluding carboxylic acids is 2. The Bertz CT molecular complexity index is 959. The number of anilines is 1. The number of carbonyl (C=O) groups is 2. The van der Waals surface area contributed by atoms with E-state index in [4.69, 9.17) is 5.73 Å². The van der Waals surface area contributed by atoms with Gasteiger partial charge in [0.1, 0.15) is 5.82 Å². The van der Waals surface area contributed by atoms with Gasteiger partial charge >= 0.3 is 0 Å². The summed E-state index contributed by atoms with van der Waals surface area (Å²) >= 11 is 2.45. The van der Waals surface area contributed by atoms with Crippen LogP contribution in [0.15, 0.2) is 58.8 Å². The number of nitrogens with one attached hydrogen (secondary N) is 1. The van der Waals surface area contributed by atoms with Crippen LogP contribution in [0, 0.1) is 5.82 Å². The third-order valence-electron chi connectivity index (χ3n) is 3.35. The second-order valence-electron chi connectivity index (χ2n) is 5.25. The number of nitrogens with two attached hydrogens (primary N) is 1. The van der Waals surface area contributed by atoms with E-state index < -0.39 is 5.91 Å². The molecule has 0 aliphatic heterocycles. The highest BCUT2D eigenvalue weighted by atomic mass is 32.2. The molecular weight excluding hydrogens is 373 g/mol. The Morgan fingerprint density at radius 2 is 2.00 bits per heavy atom. The Kier molecular flexibility index (Phi) is 5.65. The Morgan fingerprint density at radius 1 is 1.19 bits per heavy atom. The van der Waals surface area contributed by atoms with Crippen LogP contribution in [0.2, 0.25) is 0 Å². The molecule has 0 radical (unpaired) electrons. The van der Waals surface area contributed by atoms with Gasteiger partial charge in [0.15, 0.2) is 5.13 Å². The SMILES string of the molecule is NC(=O)CSc1ccccc1C(=O)Nc1nc(-c2cccc(F)c2)cs1. The summed E-state index contributed by atoms with van der Waals surface area (Å²) in [5, 5.41) is 4.89. The lowest BCUT2D eigenvalue weighted by atomic mass is 10.2. The van der Waals surface area contributed by atoms with Crippen LogP contribution in [0.25, 0.3) is 11.3 Å². The average Bonchev–Trinajstić information content (AvgIpc) is 3.08. The second kappa shape index (κ2) is 8.11. The Labute approximate surface area is 157 Å². The maximum atomic E-state index is 13.3.